The lowest BCUT2D eigenvalue weighted by Crippen LogP contribution is -1.95. The van der Waals surface area contributed by atoms with Crippen molar-refractivity contribution in [3.63, 3.8) is 0 Å². The molecule has 3 heteroatoms. The second-order valence-corrected chi connectivity index (χ2v) is 3.12. The predicted octanol–water partition coefficient (Wildman–Crippen LogP) is 2.83. The average Bonchev–Trinajstić information content (AvgIpc) is 2.04. The Labute approximate surface area is 81.5 Å². The Kier molecular flexibility index (Phi) is 3.09. The van der Waals surface area contributed by atoms with Crippen LogP contribution in [0.3, 0.4) is 0 Å². The molecule has 0 heterocycles. The van der Waals surface area contributed by atoms with E-state index in [1.807, 2.05) is 0 Å². The number of carboxylic acids is 1. The van der Waals surface area contributed by atoms with Crippen molar-refractivity contribution in [3.05, 3.63) is 40.4 Å². The van der Waals surface area contributed by atoms with E-state index in [2.05, 4.69) is 0 Å². The first kappa shape index (κ1) is 9.81. The molecule has 0 fully saturated rings. The van der Waals surface area contributed by atoms with Gasteiger partial charge >= 0.3 is 5.97 Å². The van der Waals surface area contributed by atoms with E-state index in [0.29, 0.717) is 10.6 Å². The molecule has 0 aliphatic heterocycles. The van der Waals surface area contributed by atoms with Gasteiger partial charge in [-0.2, -0.15) is 0 Å². The molecule has 1 aromatic carbocycles. The van der Waals surface area contributed by atoms with E-state index < -0.39 is 5.97 Å². The van der Waals surface area contributed by atoms with Gasteiger partial charge in [-0.05, 0) is 30.7 Å². The summed E-state index contributed by atoms with van der Waals surface area (Å²) in [6.45, 7) is 1.54. The summed E-state index contributed by atoms with van der Waals surface area (Å²) in [5, 5.41) is 9.21. The minimum absolute atomic E-state index is 0.294. The van der Waals surface area contributed by atoms with E-state index in [1.165, 1.54) is 0 Å². The first-order chi connectivity index (χ1) is 6.09. The lowest BCUT2D eigenvalue weighted by atomic mass is 10.1. The SMILES string of the molecule is CC(=Cc1cccc(Cl)c1)C(=O)O. The van der Waals surface area contributed by atoms with Crippen LogP contribution in [0.1, 0.15) is 12.5 Å². The number of hydrogen-bond acceptors (Lipinski definition) is 1. The van der Waals surface area contributed by atoms with Crippen LogP contribution in [0.5, 0.6) is 0 Å². The fraction of sp³-hybridized carbons (Fsp3) is 0.100. The molecule has 0 aliphatic carbocycles. The van der Waals surface area contributed by atoms with Crippen molar-refractivity contribution in [2.75, 3.05) is 0 Å². The molecule has 0 aliphatic rings. The maximum Gasteiger partial charge on any atom is 0.331 e. The molecular formula is C10H9ClO2. The Balaban J connectivity index is 2.97. The molecule has 1 aromatic rings. The van der Waals surface area contributed by atoms with Crippen molar-refractivity contribution < 1.29 is 9.90 Å². The summed E-state index contributed by atoms with van der Waals surface area (Å²) >= 11 is 5.73. The summed E-state index contributed by atoms with van der Waals surface area (Å²) in [6.07, 6.45) is 1.58. The highest BCUT2D eigenvalue weighted by atomic mass is 35.5. The highest BCUT2D eigenvalue weighted by Crippen LogP contribution is 2.13. The first-order valence-corrected chi connectivity index (χ1v) is 4.14. The molecule has 0 saturated heterocycles. The van der Waals surface area contributed by atoms with E-state index in [9.17, 15) is 4.79 Å². The smallest absolute Gasteiger partial charge is 0.331 e. The van der Waals surface area contributed by atoms with Crippen LogP contribution in [0, 0.1) is 0 Å². The van der Waals surface area contributed by atoms with Crippen molar-refractivity contribution in [2.45, 2.75) is 6.92 Å². The number of carbonyl (C=O) groups is 1. The molecule has 1 N–H and O–H groups in total. The average molecular weight is 197 g/mol. The molecular weight excluding hydrogens is 188 g/mol. The van der Waals surface area contributed by atoms with Crippen LogP contribution in [0.2, 0.25) is 5.02 Å². The van der Waals surface area contributed by atoms with Crippen molar-refractivity contribution in [1.29, 1.82) is 0 Å². The molecule has 0 aromatic heterocycles. The second-order valence-electron chi connectivity index (χ2n) is 2.69. The number of hydrogen-bond donors (Lipinski definition) is 1. The lowest BCUT2D eigenvalue weighted by Gasteiger charge is -1.95. The summed E-state index contributed by atoms with van der Waals surface area (Å²) in [5.41, 5.74) is 1.09. The van der Waals surface area contributed by atoms with Gasteiger partial charge in [-0.15, -0.1) is 0 Å². The standard InChI is InChI=1S/C10H9ClO2/c1-7(10(12)13)5-8-3-2-4-9(11)6-8/h2-6H,1H3,(H,12,13). The van der Waals surface area contributed by atoms with Crippen molar-refractivity contribution in [3.8, 4) is 0 Å². The number of benzene rings is 1. The Morgan fingerprint density at radius 1 is 1.54 bits per heavy atom. The molecule has 0 atom stereocenters. The maximum atomic E-state index is 10.5. The Morgan fingerprint density at radius 3 is 2.77 bits per heavy atom. The van der Waals surface area contributed by atoms with Crippen LogP contribution in [-0.2, 0) is 4.79 Å². The minimum Gasteiger partial charge on any atom is -0.478 e. The Hall–Kier alpha value is -1.28. The van der Waals surface area contributed by atoms with Gasteiger partial charge in [-0.1, -0.05) is 23.7 Å². The number of halogens is 1. The zero-order chi connectivity index (χ0) is 9.84. The highest BCUT2D eigenvalue weighted by molar-refractivity contribution is 6.30. The van der Waals surface area contributed by atoms with Gasteiger partial charge in [0.15, 0.2) is 0 Å². The van der Waals surface area contributed by atoms with E-state index in [-0.39, 0.29) is 0 Å². The van der Waals surface area contributed by atoms with Crippen LogP contribution in [-0.4, -0.2) is 11.1 Å². The monoisotopic (exact) mass is 196 g/mol. The first-order valence-electron chi connectivity index (χ1n) is 3.77. The van der Waals surface area contributed by atoms with E-state index >= 15 is 0 Å². The summed E-state index contributed by atoms with van der Waals surface area (Å²) < 4.78 is 0. The van der Waals surface area contributed by atoms with Gasteiger partial charge in [0.05, 0.1) is 0 Å². The summed E-state index contributed by atoms with van der Waals surface area (Å²) in [6, 6.07) is 7.05. The second kappa shape index (κ2) is 4.10. The molecule has 1 rings (SSSR count). The summed E-state index contributed by atoms with van der Waals surface area (Å²) in [7, 11) is 0. The third kappa shape index (κ3) is 2.92. The molecule has 0 spiro atoms. The third-order valence-electron chi connectivity index (χ3n) is 1.57. The third-order valence-corrected chi connectivity index (χ3v) is 1.80. The zero-order valence-corrected chi connectivity index (χ0v) is 7.88. The van der Waals surface area contributed by atoms with Gasteiger partial charge < -0.3 is 5.11 Å². The summed E-state index contributed by atoms with van der Waals surface area (Å²) in [5.74, 6) is -0.917. The normalized spacial score (nSPS) is 11.4. The molecule has 68 valence electrons. The Morgan fingerprint density at radius 2 is 2.23 bits per heavy atom. The van der Waals surface area contributed by atoms with Crippen molar-refractivity contribution in [1.82, 2.24) is 0 Å². The quantitative estimate of drug-likeness (QED) is 0.739. The Bertz CT molecular complexity index is 356. The number of rotatable bonds is 2. The fourth-order valence-electron chi connectivity index (χ4n) is 0.908. The molecule has 0 unspecified atom stereocenters. The maximum absolute atomic E-state index is 10.5. The largest absolute Gasteiger partial charge is 0.478 e. The predicted molar refractivity (Wildman–Crippen MR) is 52.7 cm³/mol. The van der Waals surface area contributed by atoms with Crippen LogP contribution >= 0.6 is 11.6 Å². The van der Waals surface area contributed by atoms with Gasteiger partial charge in [-0.3, -0.25) is 0 Å². The van der Waals surface area contributed by atoms with Crippen molar-refractivity contribution >= 4 is 23.6 Å². The molecule has 0 saturated carbocycles. The molecule has 0 bridgehead atoms. The van der Waals surface area contributed by atoms with Gasteiger partial charge in [0.1, 0.15) is 0 Å². The van der Waals surface area contributed by atoms with Gasteiger partial charge in [0.2, 0.25) is 0 Å². The van der Waals surface area contributed by atoms with Crippen molar-refractivity contribution in [2.24, 2.45) is 0 Å². The van der Waals surface area contributed by atoms with Crippen LogP contribution < -0.4 is 0 Å². The zero-order valence-electron chi connectivity index (χ0n) is 7.12. The van der Waals surface area contributed by atoms with Crippen LogP contribution in [0.15, 0.2) is 29.8 Å². The number of aliphatic carboxylic acids is 1. The van der Waals surface area contributed by atoms with E-state index in [4.69, 9.17) is 16.7 Å². The van der Waals surface area contributed by atoms with Gasteiger partial charge in [-0.25, -0.2) is 4.79 Å². The van der Waals surface area contributed by atoms with Gasteiger partial charge in [0.25, 0.3) is 0 Å². The molecule has 13 heavy (non-hydrogen) atoms. The van der Waals surface area contributed by atoms with Crippen LogP contribution in [0.25, 0.3) is 6.08 Å². The summed E-state index contributed by atoms with van der Waals surface area (Å²) in [4.78, 5) is 10.5. The molecule has 0 amide bonds. The lowest BCUT2D eigenvalue weighted by molar-refractivity contribution is -0.132. The molecule has 0 radical (unpaired) electrons. The minimum atomic E-state index is -0.917. The van der Waals surface area contributed by atoms with Crippen LogP contribution in [0.4, 0.5) is 0 Å². The molecule has 2 nitrogen and oxygen atoms in total. The highest BCUT2D eigenvalue weighted by Gasteiger charge is 1.99. The van der Waals surface area contributed by atoms with Gasteiger partial charge in [0, 0.05) is 10.6 Å². The van der Waals surface area contributed by atoms with E-state index in [0.717, 1.165) is 5.56 Å². The number of carboxylic acid groups (broad SMARTS) is 1. The topological polar surface area (TPSA) is 37.3 Å². The fourth-order valence-corrected chi connectivity index (χ4v) is 1.11. The van der Waals surface area contributed by atoms with E-state index in [1.54, 1.807) is 37.3 Å².